The fraction of sp³-hybridized carbons (Fsp3) is 0.308. The van der Waals surface area contributed by atoms with Crippen LogP contribution in [0.2, 0.25) is 0 Å². The number of hydrogen-bond donors (Lipinski definition) is 1. The average Bonchev–Trinajstić information content (AvgIpc) is 2.64. The van der Waals surface area contributed by atoms with Gasteiger partial charge in [0, 0.05) is 6.42 Å². The molecule has 1 unspecified atom stereocenters. The van der Waals surface area contributed by atoms with Crippen LogP contribution in [0.4, 0.5) is 8.78 Å². The molecule has 0 aliphatic rings. The Morgan fingerprint density at radius 1 is 1.33 bits per heavy atom. The number of thiazole rings is 1. The number of aliphatic hydroxyl groups excluding tert-OH is 1. The Labute approximate surface area is 108 Å². The number of rotatable bonds is 3. The van der Waals surface area contributed by atoms with Crippen LogP contribution in [0, 0.1) is 25.5 Å². The van der Waals surface area contributed by atoms with E-state index in [0.29, 0.717) is 4.88 Å². The van der Waals surface area contributed by atoms with Crippen molar-refractivity contribution in [3.63, 3.8) is 0 Å². The van der Waals surface area contributed by atoms with Gasteiger partial charge in [0.1, 0.15) is 0 Å². The molecule has 2 nitrogen and oxygen atoms in total. The summed E-state index contributed by atoms with van der Waals surface area (Å²) in [6.45, 7) is 3.64. The molecule has 0 aliphatic carbocycles. The summed E-state index contributed by atoms with van der Waals surface area (Å²) in [5.41, 5.74) is 0.912. The quantitative estimate of drug-likeness (QED) is 0.927. The second-order valence-corrected chi connectivity index (χ2v) is 5.35. The highest BCUT2D eigenvalue weighted by Gasteiger charge is 2.18. The fourth-order valence-corrected chi connectivity index (χ4v) is 2.78. The number of hydrogen-bond acceptors (Lipinski definition) is 3. The first-order valence-electron chi connectivity index (χ1n) is 5.54. The van der Waals surface area contributed by atoms with Crippen LogP contribution >= 0.6 is 11.3 Å². The standard InChI is InChI=1S/C13H13F2NOS/c1-7-13(18-8(2)16-7)11(17)6-9-4-3-5-10(14)12(9)15/h3-5,11,17H,6H2,1-2H3. The van der Waals surface area contributed by atoms with Gasteiger partial charge in [0.05, 0.1) is 21.7 Å². The van der Waals surface area contributed by atoms with E-state index < -0.39 is 17.7 Å². The molecule has 18 heavy (non-hydrogen) atoms. The van der Waals surface area contributed by atoms with Crippen LogP contribution in [-0.2, 0) is 6.42 Å². The Hall–Kier alpha value is -1.33. The lowest BCUT2D eigenvalue weighted by atomic mass is 10.1. The van der Waals surface area contributed by atoms with E-state index in [1.54, 1.807) is 6.92 Å². The maximum absolute atomic E-state index is 13.5. The molecular weight excluding hydrogens is 256 g/mol. The van der Waals surface area contributed by atoms with E-state index in [4.69, 9.17) is 0 Å². The van der Waals surface area contributed by atoms with E-state index in [9.17, 15) is 13.9 Å². The molecule has 0 fully saturated rings. The Balaban J connectivity index is 2.24. The van der Waals surface area contributed by atoms with Gasteiger partial charge in [-0.3, -0.25) is 0 Å². The van der Waals surface area contributed by atoms with Crippen LogP contribution < -0.4 is 0 Å². The molecule has 1 aromatic heterocycles. The Kier molecular flexibility index (Phi) is 3.73. The zero-order chi connectivity index (χ0) is 13.3. The summed E-state index contributed by atoms with van der Waals surface area (Å²) >= 11 is 1.37. The minimum Gasteiger partial charge on any atom is -0.387 e. The number of halogens is 2. The normalized spacial score (nSPS) is 12.7. The molecule has 2 aromatic rings. The molecule has 1 aromatic carbocycles. The monoisotopic (exact) mass is 269 g/mol. The van der Waals surface area contributed by atoms with Gasteiger partial charge in [-0.05, 0) is 25.5 Å². The molecular formula is C13H13F2NOS. The summed E-state index contributed by atoms with van der Waals surface area (Å²) < 4.78 is 26.5. The first-order chi connectivity index (χ1) is 8.49. The maximum atomic E-state index is 13.5. The van der Waals surface area contributed by atoms with Gasteiger partial charge in [0.15, 0.2) is 11.6 Å². The smallest absolute Gasteiger partial charge is 0.162 e. The number of aromatic nitrogens is 1. The van der Waals surface area contributed by atoms with E-state index in [1.165, 1.54) is 23.5 Å². The van der Waals surface area contributed by atoms with Gasteiger partial charge in [0.2, 0.25) is 0 Å². The van der Waals surface area contributed by atoms with Gasteiger partial charge < -0.3 is 5.11 Å². The fourth-order valence-electron chi connectivity index (χ4n) is 1.86. The number of aliphatic hydroxyl groups is 1. The third-order valence-corrected chi connectivity index (χ3v) is 3.86. The topological polar surface area (TPSA) is 33.1 Å². The zero-order valence-corrected chi connectivity index (χ0v) is 10.9. The highest BCUT2D eigenvalue weighted by atomic mass is 32.1. The van der Waals surface area contributed by atoms with E-state index in [-0.39, 0.29) is 12.0 Å². The van der Waals surface area contributed by atoms with Crippen molar-refractivity contribution in [1.82, 2.24) is 4.98 Å². The first-order valence-corrected chi connectivity index (χ1v) is 6.35. The van der Waals surface area contributed by atoms with Crippen LogP contribution in [-0.4, -0.2) is 10.1 Å². The Morgan fingerprint density at radius 2 is 2.06 bits per heavy atom. The molecule has 96 valence electrons. The van der Waals surface area contributed by atoms with Gasteiger partial charge in [-0.1, -0.05) is 12.1 Å². The van der Waals surface area contributed by atoms with E-state index in [2.05, 4.69) is 4.98 Å². The Bertz CT molecular complexity index is 568. The van der Waals surface area contributed by atoms with Crippen LogP contribution in [0.1, 0.15) is 27.2 Å². The number of nitrogens with zero attached hydrogens (tertiary/aromatic N) is 1. The van der Waals surface area contributed by atoms with Gasteiger partial charge in [0.25, 0.3) is 0 Å². The molecule has 0 saturated carbocycles. The van der Waals surface area contributed by atoms with E-state index in [0.717, 1.165) is 16.8 Å². The first kappa shape index (κ1) is 13.1. The lowest BCUT2D eigenvalue weighted by Gasteiger charge is -2.10. The third kappa shape index (κ3) is 2.57. The highest BCUT2D eigenvalue weighted by Crippen LogP contribution is 2.28. The van der Waals surface area contributed by atoms with Crippen molar-refractivity contribution in [3.8, 4) is 0 Å². The Morgan fingerprint density at radius 3 is 2.67 bits per heavy atom. The van der Waals surface area contributed by atoms with E-state index >= 15 is 0 Å². The molecule has 0 bridgehead atoms. The summed E-state index contributed by atoms with van der Waals surface area (Å²) in [4.78, 5) is 4.91. The lowest BCUT2D eigenvalue weighted by molar-refractivity contribution is 0.179. The second kappa shape index (κ2) is 5.12. The van der Waals surface area contributed by atoms with Crippen molar-refractivity contribution in [2.75, 3.05) is 0 Å². The molecule has 0 aliphatic heterocycles. The minimum absolute atomic E-state index is 0.0477. The summed E-state index contributed by atoms with van der Waals surface area (Å²) in [5, 5.41) is 10.9. The van der Waals surface area contributed by atoms with Crippen LogP contribution in [0.15, 0.2) is 18.2 Å². The summed E-state index contributed by atoms with van der Waals surface area (Å²) in [7, 11) is 0. The number of aryl methyl sites for hydroxylation is 2. The summed E-state index contributed by atoms with van der Waals surface area (Å²) in [6, 6.07) is 3.98. The predicted octanol–water partition coefficient (Wildman–Crippen LogP) is 3.31. The van der Waals surface area contributed by atoms with Crippen molar-refractivity contribution < 1.29 is 13.9 Å². The molecule has 5 heteroatoms. The lowest BCUT2D eigenvalue weighted by Crippen LogP contribution is -2.04. The average molecular weight is 269 g/mol. The molecule has 1 atom stereocenters. The minimum atomic E-state index is -0.893. The van der Waals surface area contributed by atoms with Crippen molar-refractivity contribution in [2.24, 2.45) is 0 Å². The van der Waals surface area contributed by atoms with Crippen LogP contribution in [0.3, 0.4) is 0 Å². The summed E-state index contributed by atoms with van der Waals surface area (Å²) in [6.07, 6.45) is -0.806. The van der Waals surface area contributed by atoms with Crippen LogP contribution in [0.5, 0.6) is 0 Å². The highest BCUT2D eigenvalue weighted by molar-refractivity contribution is 7.11. The van der Waals surface area contributed by atoms with E-state index in [1.807, 2.05) is 6.92 Å². The predicted molar refractivity (Wildman–Crippen MR) is 66.6 cm³/mol. The molecule has 1 N–H and O–H groups in total. The van der Waals surface area contributed by atoms with Gasteiger partial charge in [-0.25, -0.2) is 13.8 Å². The van der Waals surface area contributed by atoms with Gasteiger partial charge >= 0.3 is 0 Å². The molecule has 0 spiro atoms. The number of benzene rings is 1. The van der Waals surface area contributed by atoms with Crippen molar-refractivity contribution in [3.05, 3.63) is 51.0 Å². The molecule has 0 amide bonds. The molecule has 1 heterocycles. The van der Waals surface area contributed by atoms with Gasteiger partial charge in [-0.15, -0.1) is 11.3 Å². The largest absolute Gasteiger partial charge is 0.387 e. The zero-order valence-electron chi connectivity index (χ0n) is 10.1. The third-order valence-electron chi connectivity index (χ3n) is 2.69. The van der Waals surface area contributed by atoms with Crippen molar-refractivity contribution >= 4 is 11.3 Å². The molecule has 0 radical (unpaired) electrons. The van der Waals surface area contributed by atoms with Crippen LogP contribution in [0.25, 0.3) is 0 Å². The van der Waals surface area contributed by atoms with Crippen molar-refractivity contribution in [1.29, 1.82) is 0 Å². The second-order valence-electron chi connectivity index (χ2n) is 4.12. The molecule has 0 saturated heterocycles. The maximum Gasteiger partial charge on any atom is 0.162 e. The summed E-state index contributed by atoms with van der Waals surface area (Å²) in [5.74, 6) is -1.78. The molecule has 2 rings (SSSR count). The van der Waals surface area contributed by atoms with Crippen molar-refractivity contribution in [2.45, 2.75) is 26.4 Å². The van der Waals surface area contributed by atoms with Gasteiger partial charge in [-0.2, -0.15) is 0 Å². The SMILES string of the molecule is Cc1nc(C)c(C(O)Cc2cccc(F)c2F)s1.